The summed E-state index contributed by atoms with van der Waals surface area (Å²) < 4.78 is 4.98. The van der Waals surface area contributed by atoms with Crippen LogP contribution >= 0.6 is 0 Å². The third-order valence-electron chi connectivity index (χ3n) is 6.32. The maximum absolute atomic E-state index is 2.55. The van der Waals surface area contributed by atoms with E-state index in [4.69, 9.17) is 0 Å². The van der Waals surface area contributed by atoms with Gasteiger partial charge in [0, 0.05) is 26.1 Å². The van der Waals surface area contributed by atoms with E-state index in [0.29, 0.717) is 0 Å². The number of anilines is 1. The number of benzene rings is 3. The van der Waals surface area contributed by atoms with Gasteiger partial charge >= 0.3 is 0 Å². The number of hydrogen-bond acceptors (Lipinski definition) is 1. The predicted molar refractivity (Wildman–Crippen MR) is 129 cm³/mol. The minimum atomic E-state index is 1.09. The van der Waals surface area contributed by atoms with Gasteiger partial charge in [0.15, 0.2) is 11.4 Å². The summed E-state index contributed by atoms with van der Waals surface area (Å²) in [5.41, 5.74) is 7.62. The van der Waals surface area contributed by atoms with E-state index in [1.165, 1.54) is 58.8 Å². The molecule has 0 spiro atoms. The van der Waals surface area contributed by atoms with Crippen LogP contribution in [0.3, 0.4) is 0 Å². The molecule has 0 saturated carbocycles. The fourth-order valence-corrected chi connectivity index (χ4v) is 4.72. The molecule has 0 bridgehead atoms. The fraction of sp³-hybridized carbons (Fsp3) is 0.250. The second kappa shape index (κ2) is 8.43. The molecular formula is C28H30N3+. The monoisotopic (exact) mass is 408 g/mol. The lowest BCUT2D eigenvalue weighted by atomic mass is 10.0. The molecule has 31 heavy (non-hydrogen) atoms. The normalized spacial score (nSPS) is 13.5. The highest BCUT2D eigenvalue weighted by Gasteiger charge is 2.28. The average molecular weight is 409 g/mol. The van der Waals surface area contributed by atoms with E-state index >= 15 is 0 Å². The molecule has 5 rings (SSSR count). The highest BCUT2D eigenvalue weighted by molar-refractivity contribution is 5.69. The van der Waals surface area contributed by atoms with Crippen LogP contribution in [0.15, 0.2) is 85.1 Å². The largest absolute Gasteiger partial charge is 0.374 e. The van der Waals surface area contributed by atoms with Gasteiger partial charge < -0.3 is 4.90 Å². The minimum absolute atomic E-state index is 1.09. The quantitative estimate of drug-likeness (QED) is 0.383. The van der Waals surface area contributed by atoms with Crippen LogP contribution in [0.25, 0.3) is 28.1 Å². The van der Waals surface area contributed by atoms with Crippen LogP contribution in [-0.2, 0) is 13.0 Å². The van der Waals surface area contributed by atoms with Crippen LogP contribution in [0.4, 0.5) is 5.69 Å². The molecule has 1 aliphatic heterocycles. The molecule has 0 N–H and O–H groups in total. The van der Waals surface area contributed by atoms with Gasteiger partial charge in [-0.1, -0.05) is 54.6 Å². The second-order valence-corrected chi connectivity index (χ2v) is 8.59. The molecule has 0 radical (unpaired) electrons. The van der Waals surface area contributed by atoms with Crippen molar-refractivity contribution in [1.29, 1.82) is 0 Å². The fourth-order valence-electron chi connectivity index (χ4n) is 4.72. The summed E-state index contributed by atoms with van der Waals surface area (Å²) in [5.74, 6) is 1.41. The maximum atomic E-state index is 2.55. The first-order valence-corrected chi connectivity index (χ1v) is 11.3. The summed E-state index contributed by atoms with van der Waals surface area (Å²) in [7, 11) is 4.24. The van der Waals surface area contributed by atoms with Gasteiger partial charge in [-0.3, -0.25) is 0 Å². The highest BCUT2D eigenvalue weighted by Crippen LogP contribution is 2.29. The minimum Gasteiger partial charge on any atom is -0.374 e. The zero-order valence-corrected chi connectivity index (χ0v) is 18.5. The molecule has 3 heteroatoms. The van der Waals surface area contributed by atoms with Crippen molar-refractivity contribution in [2.45, 2.75) is 32.2 Å². The van der Waals surface area contributed by atoms with Crippen LogP contribution in [0, 0.1) is 0 Å². The van der Waals surface area contributed by atoms with E-state index < -0.39 is 0 Å². The third-order valence-corrected chi connectivity index (χ3v) is 6.32. The molecule has 0 amide bonds. The molecule has 0 saturated heterocycles. The first-order chi connectivity index (χ1) is 15.2. The maximum Gasteiger partial charge on any atom is 0.262 e. The molecule has 1 aromatic heterocycles. The Morgan fingerprint density at radius 2 is 1.39 bits per heavy atom. The number of aromatic nitrogens is 2. The summed E-state index contributed by atoms with van der Waals surface area (Å²) in [6.07, 6.45) is 7.25. The number of hydrogen-bond donors (Lipinski definition) is 0. The lowest BCUT2D eigenvalue weighted by Gasteiger charge is -2.15. The van der Waals surface area contributed by atoms with E-state index in [1.54, 1.807) is 0 Å². The first kappa shape index (κ1) is 19.6. The van der Waals surface area contributed by atoms with Gasteiger partial charge in [0.25, 0.3) is 5.82 Å². The van der Waals surface area contributed by atoms with Gasteiger partial charge in [-0.15, -0.1) is 0 Å². The molecule has 4 aromatic rings. The van der Waals surface area contributed by atoms with Gasteiger partial charge in [0.2, 0.25) is 0 Å². The van der Waals surface area contributed by atoms with Crippen molar-refractivity contribution < 1.29 is 4.57 Å². The van der Waals surface area contributed by atoms with E-state index in [1.807, 2.05) is 0 Å². The predicted octanol–water partition coefficient (Wildman–Crippen LogP) is 5.89. The van der Waals surface area contributed by atoms with Crippen LogP contribution < -0.4 is 9.47 Å². The highest BCUT2D eigenvalue weighted by atomic mass is 15.2. The molecule has 156 valence electrons. The van der Waals surface area contributed by atoms with Gasteiger partial charge in [-0.2, -0.15) is 4.57 Å². The number of fused-ring (bicyclic) bond motifs is 1. The summed E-state index contributed by atoms with van der Waals surface area (Å²) >= 11 is 0. The van der Waals surface area contributed by atoms with E-state index in [-0.39, 0.29) is 0 Å². The molecule has 0 aliphatic carbocycles. The Morgan fingerprint density at radius 1 is 0.710 bits per heavy atom. The Morgan fingerprint density at radius 3 is 2.16 bits per heavy atom. The Labute approximate surface area is 185 Å². The van der Waals surface area contributed by atoms with Crippen LogP contribution in [0.2, 0.25) is 0 Å². The standard InChI is InChI=1S/C28H30N3/c1-29(2)25-13-8-9-14-26(25)31-21-27(30-20-10-4-7-15-28(30)31)24-18-16-23(17-19-24)22-11-5-3-6-12-22/h3,5-6,8-9,11-14,16-19,21H,4,7,10,15,20H2,1-2H3/q+1. The Balaban J connectivity index is 1.62. The van der Waals surface area contributed by atoms with Crippen molar-refractivity contribution in [3.8, 4) is 28.1 Å². The van der Waals surface area contributed by atoms with E-state index in [9.17, 15) is 0 Å². The van der Waals surface area contributed by atoms with Crippen molar-refractivity contribution in [2.75, 3.05) is 19.0 Å². The Kier molecular flexibility index (Phi) is 5.33. The Hall–Kier alpha value is -3.33. The average Bonchev–Trinajstić information content (AvgIpc) is 3.00. The molecule has 0 atom stereocenters. The van der Waals surface area contributed by atoms with E-state index in [2.05, 4.69) is 113 Å². The smallest absolute Gasteiger partial charge is 0.262 e. The molecule has 0 unspecified atom stereocenters. The molecule has 3 aromatic carbocycles. The number of imidazole rings is 1. The zero-order chi connectivity index (χ0) is 21.2. The topological polar surface area (TPSA) is 12.1 Å². The molecule has 0 fully saturated rings. The molecular weight excluding hydrogens is 378 g/mol. The van der Waals surface area contributed by atoms with Crippen molar-refractivity contribution in [2.24, 2.45) is 0 Å². The summed E-state index contributed by atoms with van der Waals surface area (Å²) in [5, 5.41) is 0. The third kappa shape index (κ3) is 3.76. The van der Waals surface area contributed by atoms with Crippen molar-refractivity contribution in [3.63, 3.8) is 0 Å². The van der Waals surface area contributed by atoms with Gasteiger partial charge in [-0.25, -0.2) is 4.57 Å². The second-order valence-electron chi connectivity index (χ2n) is 8.59. The lowest BCUT2D eigenvalue weighted by Crippen LogP contribution is -2.36. The van der Waals surface area contributed by atoms with Crippen LogP contribution in [-0.4, -0.2) is 18.7 Å². The molecule has 3 nitrogen and oxygen atoms in total. The SMILES string of the molecule is CN(C)c1ccccc1-[n+]1cc(-c2ccc(-c3ccccc3)cc2)n2c1CCCCC2. The Bertz CT molecular complexity index is 1170. The first-order valence-electron chi connectivity index (χ1n) is 11.3. The van der Waals surface area contributed by atoms with Crippen LogP contribution in [0.5, 0.6) is 0 Å². The van der Waals surface area contributed by atoms with Gasteiger partial charge in [0.1, 0.15) is 6.20 Å². The van der Waals surface area contributed by atoms with Crippen molar-refractivity contribution >= 4 is 5.69 Å². The van der Waals surface area contributed by atoms with Crippen molar-refractivity contribution in [3.05, 3.63) is 90.9 Å². The van der Waals surface area contributed by atoms with E-state index in [0.717, 1.165) is 13.0 Å². The number of nitrogens with zero attached hydrogens (tertiary/aromatic N) is 3. The van der Waals surface area contributed by atoms with Crippen molar-refractivity contribution in [1.82, 2.24) is 4.57 Å². The lowest BCUT2D eigenvalue weighted by molar-refractivity contribution is -0.603. The molecule has 2 heterocycles. The number of para-hydroxylation sites is 2. The molecule has 1 aliphatic rings. The number of rotatable bonds is 4. The summed E-state index contributed by atoms with van der Waals surface area (Å²) in [6.45, 7) is 1.09. The summed E-state index contributed by atoms with van der Waals surface area (Å²) in [4.78, 5) is 2.21. The van der Waals surface area contributed by atoms with Gasteiger partial charge in [-0.05, 0) is 54.7 Å². The summed E-state index contributed by atoms with van der Waals surface area (Å²) in [6, 6.07) is 28.4. The van der Waals surface area contributed by atoms with Gasteiger partial charge in [0.05, 0.1) is 12.2 Å². The zero-order valence-electron chi connectivity index (χ0n) is 18.5. The van der Waals surface area contributed by atoms with Crippen LogP contribution in [0.1, 0.15) is 25.1 Å².